The summed E-state index contributed by atoms with van der Waals surface area (Å²) in [5.74, 6) is 0.0241. The van der Waals surface area contributed by atoms with Crippen LogP contribution in [-0.2, 0) is 22.9 Å². The molecule has 6 nitrogen and oxygen atoms in total. The van der Waals surface area contributed by atoms with Crippen LogP contribution < -0.4 is 10.1 Å². The monoisotopic (exact) mass is 408 g/mol. The third-order valence-corrected chi connectivity index (χ3v) is 7.72. The van der Waals surface area contributed by atoms with Crippen LogP contribution in [0.15, 0.2) is 29.2 Å². The highest BCUT2D eigenvalue weighted by Crippen LogP contribution is 2.31. The fourth-order valence-corrected chi connectivity index (χ4v) is 5.35. The number of anilines is 1. The van der Waals surface area contributed by atoms with Gasteiger partial charge in [0.15, 0.2) is 0 Å². The fourth-order valence-electron chi connectivity index (χ4n) is 3.12. The number of methoxy groups -OCH3 is 1. The second-order valence-electron chi connectivity index (χ2n) is 6.73. The minimum absolute atomic E-state index is 0.0229. The van der Waals surface area contributed by atoms with E-state index < -0.39 is 10.0 Å². The summed E-state index contributed by atoms with van der Waals surface area (Å²) in [4.78, 5) is 14.7. The standard InChI is InChI=1S/C19H24N2O4S2/c1-21(2)27(23,24)18-12-14(9-10-15(18)25-3)20-19(22)17-11-13-7-5-4-6-8-16(13)26-17/h9-12H,4-8H2,1-3H3,(H,20,22). The summed E-state index contributed by atoms with van der Waals surface area (Å²) in [7, 11) is 0.643. The molecule has 2 aromatic rings. The quantitative estimate of drug-likeness (QED) is 0.768. The molecule has 0 aliphatic heterocycles. The zero-order valence-electron chi connectivity index (χ0n) is 15.7. The van der Waals surface area contributed by atoms with E-state index >= 15 is 0 Å². The summed E-state index contributed by atoms with van der Waals surface area (Å²) in [6.45, 7) is 0. The molecule has 1 N–H and O–H groups in total. The Morgan fingerprint density at radius 2 is 1.89 bits per heavy atom. The summed E-state index contributed by atoms with van der Waals surface area (Å²) in [5.41, 5.74) is 1.69. The van der Waals surface area contributed by atoms with Crippen molar-refractivity contribution in [2.24, 2.45) is 0 Å². The first-order valence-electron chi connectivity index (χ1n) is 8.86. The van der Waals surface area contributed by atoms with Gasteiger partial charge in [0, 0.05) is 24.7 Å². The second kappa shape index (κ2) is 8.00. The van der Waals surface area contributed by atoms with Gasteiger partial charge in [0.1, 0.15) is 10.6 Å². The van der Waals surface area contributed by atoms with Crippen molar-refractivity contribution < 1.29 is 17.9 Å². The Balaban J connectivity index is 1.86. The van der Waals surface area contributed by atoms with Gasteiger partial charge in [0.05, 0.1) is 12.0 Å². The molecular weight excluding hydrogens is 384 g/mol. The summed E-state index contributed by atoms with van der Waals surface area (Å²) in [5, 5.41) is 2.82. The highest BCUT2D eigenvalue weighted by atomic mass is 32.2. The molecule has 0 saturated heterocycles. The Bertz CT molecular complexity index is 925. The molecule has 0 unspecified atom stereocenters. The lowest BCUT2D eigenvalue weighted by atomic mass is 10.1. The fraction of sp³-hybridized carbons (Fsp3) is 0.421. The van der Waals surface area contributed by atoms with Crippen LogP contribution in [0, 0.1) is 0 Å². The summed E-state index contributed by atoms with van der Waals surface area (Å²) >= 11 is 1.54. The molecule has 146 valence electrons. The molecule has 1 aliphatic rings. The lowest BCUT2D eigenvalue weighted by Crippen LogP contribution is -2.23. The number of sulfonamides is 1. The largest absolute Gasteiger partial charge is 0.495 e. The number of thiophene rings is 1. The van der Waals surface area contributed by atoms with Crippen LogP contribution in [0.2, 0.25) is 0 Å². The molecule has 0 radical (unpaired) electrons. The number of amides is 1. The molecule has 0 atom stereocenters. The van der Waals surface area contributed by atoms with Gasteiger partial charge in [-0.25, -0.2) is 12.7 Å². The maximum absolute atomic E-state index is 12.7. The average Bonchev–Trinajstić information content (AvgIpc) is 2.92. The molecular formula is C19H24N2O4S2. The van der Waals surface area contributed by atoms with Crippen LogP contribution in [0.25, 0.3) is 0 Å². The number of nitrogens with zero attached hydrogens (tertiary/aromatic N) is 1. The first kappa shape index (κ1) is 19.9. The van der Waals surface area contributed by atoms with Gasteiger partial charge in [-0.2, -0.15) is 0 Å². The van der Waals surface area contributed by atoms with Crippen molar-refractivity contribution >= 4 is 33.0 Å². The van der Waals surface area contributed by atoms with Crippen molar-refractivity contribution in [1.29, 1.82) is 0 Å². The van der Waals surface area contributed by atoms with Gasteiger partial charge in [0.25, 0.3) is 5.91 Å². The molecule has 1 aromatic carbocycles. The topological polar surface area (TPSA) is 75.7 Å². The number of carbonyl (C=O) groups excluding carboxylic acids is 1. The lowest BCUT2D eigenvalue weighted by Gasteiger charge is -2.15. The number of fused-ring (bicyclic) bond motifs is 1. The molecule has 27 heavy (non-hydrogen) atoms. The molecule has 1 heterocycles. The maximum atomic E-state index is 12.7. The predicted octanol–water partition coefficient (Wildman–Crippen LogP) is 3.53. The van der Waals surface area contributed by atoms with E-state index in [2.05, 4.69) is 5.32 Å². The zero-order chi connectivity index (χ0) is 19.6. The molecule has 0 spiro atoms. The van der Waals surface area contributed by atoms with Crippen molar-refractivity contribution in [3.8, 4) is 5.75 Å². The minimum atomic E-state index is -3.69. The van der Waals surface area contributed by atoms with Crippen LogP contribution in [0.5, 0.6) is 5.75 Å². The number of rotatable bonds is 5. The van der Waals surface area contributed by atoms with Crippen LogP contribution in [0.3, 0.4) is 0 Å². The highest BCUT2D eigenvalue weighted by Gasteiger charge is 2.23. The molecule has 3 rings (SSSR count). The number of hydrogen-bond acceptors (Lipinski definition) is 5. The molecule has 1 aromatic heterocycles. The number of benzene rings is 1. The second-order valence-corrected chi connectivity index (χ2v) is 9.98. The van der Waals surface area contributed by atoms with Crippen LogP contribution >= 0.6 is 11.3 Å². The van der Waals surface area contributed by atoms with E-state index in [-0.39, 0.29) is 16.6 Å². The van der Waals surface area contributed by atoms with Crippen molar-refractivity contribution in [2.45, 2.75) is 37.0 Å². The summed E-state index contributed by atoms with van der Waals surface area (Å²) in [6, 6.07) is 6.60. The summed E-state index contributed by atoms with van der Waals surface area (Å²) in [6.07, 6.45) is 5.61. The zero-order valence-corrected chi connectivity index (χ0v) is 17.4. The van der Waals surface area contributed by atoms with Crippen LogP contribution in [0.4, 0.5) is 5.69 Å². The van der Waals surface area contributed by atoms with Gasteiger partial charge in [0.2, 0.25) is 10.0 Å². The molecule has 0 fully saturated rings. The predicted molar refractivity (Wildman–Crippen MR) is 107 cm³/mol. The van der Waals surface area contributed by atoms with Gasteiger partial charge in [-0.05, 0) is 55.5 Å². The minimum Gasteiger partial charge on any atom is -0.495 e. The van der Waals surface area contributed by atoms with E-state index in [0.717, 1.165) is 23.6 Å². The molecule has 0 bridgehead atoms. The SMILES string of the molecule is COc1ccc(NC(=O)c2cc3c(s2)CCCCC3)cc1S(=O)(=O)N(C)C. The summed E-state index contributed by atoms with van der Waals surface area (Å²) < 4.78 is 31.3. The first-order valence-corrected chi connectivity index (χ1v) is 11.1. The van der Waals surface area contributed by atoms with E-state index in [1.54, 1.807) is 12.1 Å². The molecule has 1 amide bonds. The number of ether oxygens (including phenoxy) is 1. The van der Waals surface area contributed by atoms with E-state index in [4.69, 9.17) is 4.74 Å². The number of aryl methyl sites for hydroxylation is 2. The molecule has 0 saturated carbocycles. The van der Waals surface area contributed by atoms with Crippen molar-refractivity contribution in [2.75, 3.05) is 26.5 Å². The molecule has 1 aliphatic carbocycles. The highest BCUT2D eigenvalue weighted by molar-refractivity contribution is 7.89. The average molecular weight is 409 g/mol. The van der Waals surface area contributed by atoms with Crippen molar-refractivity contribution in [3.63, 3.8) is 0 Å². The van der Waals surface area contributed by atoms with E-state index in [9.17, 15) is 13.2 Å². The van der Waals surface area contributed by atoms with Crippen molar-refractivity contribution in [1.82, 2.24) is 4.31 Å². The van der Waals surface area contributed by atoms with Gasteiger partial charge < -0.3 is 10.1 Å². The van der Waals surface area contributed by atoms with Gasteiger partial charge in [-0.15, -0.1) is 11.3 Å². The number of nitrogens with one attached hydrogen (secondary N) is 1. The van der Waals surface area contributed by atoms with Crippen LogP contribution in [-0.4, -0.2) is 39.8 Å². The van der Waals surface area contributed by atoms with Crippen molar-refractivity contribution in [3.05, 3.63) is 39.6 Å². The Labute approximate surface area is 164 Å². The lowest BCUT2D eigenvalue weighted by molar-refractivity contribution is 0.103. The van der Waals surface area contributed by atoms with Crippen LogP contribution in [0.1, 0.15) is 39.4 Å². The maximum Gasteiger partial charge on any atom is 0.265 e. The van der Waals surface area contributed by atoms with E-state index in [0.29, 0.717) is 10.6 Å². The van der Waals surface area contributed by atoms with Gasteiger partial charge in [-0.1, -0.05) is 6.42 Å². The Kier molecular flexibility index (Phi) is 5.88. The third-order valence-electron chi connectivity index (χ3n) is 4.65. The molecule has 8 heteroatoms. The van der Waals surface area contributed by atoms with Gasteiger partial charge >= 0.3 is 0 Å². The van der Waals surface area contributed by atoms with E-state index in [1.165, 1.54) is 61.9 Å². The number of hydrogen-bond donors (Lipinski definition) is 1. The Morgan fingerprint density at radius 1 is 1.15 bits per heavy atom. The van der Waals surface area contributed by atoms with E-state index in [1.807, 2.05) is 6.07 Å². The first-order chi connectivity index (χ1) is 12.8. The van der Waals surface area contributed by atoms with Gasteiger partial charge in [-0.3, -0.25) is 4.79 Å². The normalized spacial score (nSPS) is 14.5. The number of carbonyl (C=O) groups is 1. The third kappa shape index (κ3) is 4.17. The smallest absolute Gasteiger partial charge is 0.265 e. The Hall–Kier alpha value is -1.90. The Morgan fingerprint density at radius 3 is 2.59 bits per heavy atom.